The van der Waals surface area contributed by atoms with Crippen LogP contribution < -0.4 is 0 Å². The van der Waals surface area contributed by atoms with Gasteiger partial charge in [-0.05, 0) is 39.3 Å². The van der Waals surface area contributed by atoms with Gasteiger partial charge in [0.1, 0.15) is 0 Å². The molecule has 1 heterocycles. The van der Waals surface area contributed by atoms with Crippen molar-refractivity contribution in [2.75, 3.05) is 52.4 Å². The smallest absolute Gasteiger partial charge is 0.661 e. The molecular formula is C22H32CuFeN4-2. The number of nitrogens with zero attached hydrogens (tertiary/aromatic N) is 4. The summed E-state index contributed by atoms with van der Waals surface area (Å²) >= 11 is 0. The molecule has 161 valence electrons. The Morgan fingerprint density at radius 1 is 0.607 bits per heavy atom. The summed E-state index contributed by atoms with van der Waals surface area (Å²) in [6, 6.07) is 17.4. The van der Waals surface area contributed by atoms with Crippen LogP contribution in [0.25, 0.3) is 10.6 Å². The van der Waals surface area contributed by atoms with Crippen LogP contribution in [0.3, 0.4) is 0 Å². The number of rotatable bonds is 4. The van der Waals surface area contributed by atoms with E-state index >= 15 is 0 Å². The normalized spacial score (nSPS) is 18.6. The summed E-state index contributed by atoms with van der Waals surface area (Å²) in [6.45, 7) is 10.2. The molecule has 0 bridgehead atoms. The fourth-order valence-corrected chi connectivity index (χ4v) is 3.55. The molecule has 0 saturated carbocycles. The first kappa shape index (κ1) is 25.6. The Kier molecular flexibility index (Phi) is 14.1. The second-order valence-corrected chi connectivity index (χ2v) is 7.19. The van der Waals surface area contributed by atoms with Gasteiger partial charge in [0.25, 0.3) is 0 Å². The Morgan fingerprint density at radius 3 is 1.39 bits per heavy atom. The third kappa shape index (κ3) is 9.86. The van der Waals surface area contributed by atoms with E-state index in [-0.39, 0.29) is 34.1 Å². The zero-order chi connectivity index (χ0) is 17.9. The fourth-order valence-electron chi connectivity index (χ4n) is 3.55. The summed E-state index contributed by atoms with van der Waals surface area (Å²) in [5.74, 6) is 0. The maximum absolute atomic E-state index is 4.78. The fraction of sp³-hybridized carbons (Fsp3) is 0.545. The molecule has 3 rings (SSSR count). The maximum Gasteiger partial charge on any atom is 2.00 e. The molecule has 2 aromatic rings. The van der Waals surface area contributed by atoms with Crippen molar-refractivity contribution in [3.63, 3.8) is 0 Å². The molecule has 1 aliphatic rings. The predicted octanol–water partition coefficient (Wildman–Crippen LogP) is 3.96. The molecule has 6 heteroatoms. The van der Waals surface area contributed by atoms with Crippen LogP contribution in [0.4, 0.5) is 0 Å². The van der Waals surface area contributed by atoms with E-state index in [0.717, 1.165) is 78.3 Å². The van der Waals surface area contributed by atoms with E-state index in [0.29, 0.717) is 0 Å². The van der Waals surface area contributed by atoms with Gasteiger partial charge in [0.2, 0.25) is 0 Å². The van der Waals surface area contributed by atoms with Gasteiger partial charge in [-0.3, -0.25) is 0 Å². The van der Waals surface area contributed by atoms with Gasteiger partial charge in [-0.15, -0.1) is 37.3 Å². The van der Waals surface area contributed by atoms with Crippen molar-refractivity contribution in [3.05, 3.63) is 70.3 Å². The van der Waals surface area contributed by atoms with Crippen molar-refractivity contribution in [1.29, 1.82) is 0 Å². The van der Waals surface area contributed by atoms with E-state index < -0.39 is 0 Å². The van der Waals surface area contributed by atoms with Crippen LogP contribution in [0.2, 0.25) is 0 Å². The van der Waals surface area contributed by atoms with Crippen molar-refractivity contribution >= 4 is 0 Å². The van der Waals surface area contributed by atoms with Crippen LogP contribution in [0, 0.1) is 0 Å². The molecule has 0 aliphatic carbocycles. The quantitative estimate of drug-likeness (QED) is 0.499. The van der Waals surface area contributed by atoms with Gasteiger partial charge >= 0.3 is 17.1 Å². The standard InChI is InChI=1S/C22H32N4.Cu.Fe/c1-2-8-21(7-1)19-25-15-5-11-24-14-18-26(16-6-12-23-13-17-25)20-22-9-3-4-10-22;;/h1-4,7-10H,5-6,11-20H2;;/q-4;+2;. The van der Waals surface area contributed by atoms with E-state index in [2.05, 4.69) is 58.3 Å². The summed E-state index contributed by atoms with van der Waals surface area (Å²) in [5.41, 5.74) is 2.82. The molecule has 1 radical (unpaired) electrons. The molecule has 1 saturated heterocycles. The zero-order valence-electron chi connectivity index (χ0n) is 16.5. The molecule has 0 amide bonds. The minimum atomic E-state index is 0. The van der Waals surface area contributed by atoms with Crippen molar-refractivity contribution in [1.82, 2.24) is 9.80 Å². The molecule has 1 fully saturated rings. The summed E-state index contributed by atoms with van der Waals surface area (Å²) < 4.78 is 0. The van der Waals surface area contributed by atoms with Gasteiger partial charge in [-0.25, -0.2) is 24.3 Å². The van der Waals surface area contributed by atoms with E-state index in [1.165, 1.54) is 11.1 Å². The minimum absolute atomic E-state index is 0. The van der Waals surface area contributed by atoms with E-state index in [1.807, 2.05) is 0 Å². The van der Waals surface area contributed by atoms with Gasteiger partial charge in [0.05, 0.1) is 0 Å². The third-order valence-corrected chi connectivity index (χ3v) is 5.01. The van der Waals surface area contributed by atoms with Gasteiger partial charge in [-0.2, -0.15) is 24.3 Å². The Balaban J connectivity index is 0.00000196. The first-order valence-electron chi connectivity index (χ1n) is 10.0. The monoisotopic (exact) mass is 471 g/mol. The van der Waals surface area contributed by atoms with Crippen LogP contribution >= 0.6 is 0 Å². The molecule has 1 aliphatic heterocycles. The maximum atomic E-state index is 4.78. The summed E-state index contributed by atoms with van der Waals surface area (Å²) in [4.78, 5) is 5.06. The van der Waals surface area contributed by atoms with Crippen molar-refractivity contribution in [2.45, 2.75) is 25.9 Å². The zero-order valence-corrected chi connectivity index (χ0v) is 18.6. The van der Waals surface area contributed by atoms with Gasteiger partial charge in [0.15, 0.2) is 0 Å². The van der Waals surface area contributed by atoms with Gasteiger partial charge < -0.3 is 20.4 Å². The van der Waals surface area contributed by atoms with Crippen LogP contribution in [0.1, 0.15) is 24.0 Å². The largest absolute Gasteiger partial charge is 2.00 e. The summed E-state index contributed by atoms with van der Waals surface area (Å²) in [6.07, 6.45) is 2.28. The molecular weight excluding hydrogens is 440 g/mol. The van der Waals surface area contributed by atoms with Crippen molar-refractivity contribution in [3.8, 4) is 0 Å². The van der Waals surface area contributed by atoms with Gasteiger partial charge in [0, 0.05) is 17.1 Å². The van der Waals surface area contributed by atoms with Gasteiger partial charge in [-0.1, -0.05) is 12.8 Å². The third-order valence-electron chi connectivity index (χ3n) is 5.01. The Bertz CT molecular complexity index is 505. The second kappa shape index (κ2) is 15.4. The van der Waals surface area contributed by atoms with Crippen molar-refractivity contribution in [2.24, 2.45) is 0 Å². The first-order valence-corrected chi connectivity index (χ1v) is 10.0. The Hall–Kier alpha value is -0.421. The average Bonchev–Trinajstić information content (AvgIpc) is 3.33. The molecule has 0 aromatic heterocycles. The minimum Gasteiger partial charge on any atom is -0.661 e. The molecule has 0 spiro atoms. The topological polar surface area (TPSA) is 34.7 Å². The molecule has 0 atom stereocenters. The molecule has 28 heavy (non-hydrogen) atoms. The Labute approximate surface area is 192 Å². The molecule has 0 unspecified atom stereocenters. The average molecular weight is 472 g/mol. The van der Waals surface area contributed by atoms with Crippen molar-refractivity contribution < 1.29 is 34.1 Å². The predicted molar refractivity (Wildman–Crippen MR) is 110 cm³/mol. The second-order valence-electron chi connectivity index (χ2n) is 7.19. The van der Waals surface area contributed by atoms with E-state index in [4.69, 9.17) is 10.6 Å². The Morgan fingerprint density at radius 2 is 1.00 bits per heavy atom. The molecule has 2 aromatic carbocycles. The van der Waals surface area contributed by atoms with Crippen LogP contribution in [-0.4, -0.2) is 62.2 Å². The van der Waals surface area contributed by atoms with Crippen LogP contribution in [0.15, 0.2) is 48.5 Å². The summed E-state index contributed by atoms with van der Waals surface area (Å²) in [7, 11) is 0. The molecule has 0 N–H and O–H groups in total. The number of hydrogen-bond acceptors (Lipinski definition) is 2. The van der Waals surface area contributed by atoms with Crippen LogP contribution in [0.5, 0.6) is 0 Å². The van der Waals surface area contributed by atoms with Crippen LogP contribution in [-0.2, 0) is 47.2 Å². The van der Waals surface area contributed by atoms with E-state index in [1.54, 1.807) is 0 Å². The van der Waals surface area contributed by atoms with E-state index in [9.17, 15) is 0 Å². The number of hydrogen-bond donors (Lipinski definition) is 0. The first-order chi connectivity index (χ1) is 12.9. The molecule has 4 nitrogen and oxygen atoms in total. The summed E-state index contributed by atoms with van der Waals surface area (Å²) in [5, 5.41) is 9.56. The SMILES string of the molecule is [Cu+2].[Fe].c1cc[c-](CN2CCC[N-]CCN(C[c-]3cccc3)CCC[N-]CC2)c1.